The molecule has 1 rings (SSSR count). The van der Waals surface area contributed by atoms with Crippen molar-refractivity contribution in [2.24, 2.45) is 5.41 Å². The molecule has 21 heavy (non-hydrogen) atoms. The largest absolute Gasteiger partial charge is 0.316 e. The first-order valence-corrected chi connectivity index (χ1v) is 8.15. The number of nitrogens with zero attached hydrogens (tertiary/aromatic N) is 1. The van der Waals surface area contributed by atoms with Crippen LogP contribution in [0.2, 0.25) is 0 Å². The van der Waals surface area contributed by atoms with E-state index in [0.29, 0.717) is 0 Å². The summed E-state index contributed by atoms with van der Waals surface area (Å²) in [6.07, 6.45) is 2.26. The van der Waals surface area contributed by atoms with Crippen molar-refractivity contribution < 1.29 is 4.39 Å². The molecule has 0 saturated carbocycles. The fourth-order valence-corrected chi connectivity index (χ4v) is 2.89. The first-order chi connectivity index (χ1) is 9.99. The smallest absolute Gasteiger partial charge is 0.127 e. The summed E-state index contributed by atoms with van der Waals surface area (Å²) in [4.78, 5) is 2.28. The topological polar surface area (TPSA) is 15.3 Å². The first kappa shape index (κ1) is 18.1. The lowest BCUT2D eigenvalue weighted by Crippen LogP contribution is -2.43. The molecule has 0 saturated heterocycles. The number of hydrogen-bond acceptors (Lipinski definition) is 2. The van der Waals surface area contributed by atoms with Crippen LogP contribution in [0.25, 0.3) is 0 Å². The minimum absolute atomic E-state index is 0.0882. The van der Waals surface area contributed by atoms with Crippen LogP contribution in [0.3, 0.4) is 0 Å². The van der Waals surface area contributed by atoms with Crippen molar-refractivity contribution in [3.63, 3.8) is 0 Å². The van der Waals surface area contributed by atoms with Gasteiger partial charge in [0.25, 0.3) is 0 Å². The number of nitrogens with one attached hydrogen (secondary N) is 1. The van der Waals surface area contributed by atoms with Crippen LogP contribution in [-0.4, -0.2) is 31.6 Å². The highest BCUT2D eigenvalue weighted by Crippen LogP contribution is 2.30. The maximum absolute atomic E-state index is 14.0. The molecular formula is C18H31FN2. The zero-order chi connectivity index (χ0) is 15.9. The van der Waals surface area contributed by atoms with Crippen LogP contribution in [0.4, 0.5) is 4.39 Å². The minimum Gasteiger partial charge on any atom is -0.316 e. The highest BCUT2D eigenvalue weighted by atomic mass is 19.1. The molecule has 0 radical (unpaired) electrons. The maximum Gasteiger partial charge on any atom is 0.127 e. The first-order valence-electron chi connectivity index (χ1n) is 8.15. The molecule has 0 spiro atoms. The van der Waals surface area contributed by atoms with Gasteiger partial charge >= 0.3 is 0 Å². The SMILES string of the molecule is CCNCC(CC)(CC)CN(C)C(C)c1ccccc1F. The lowest BCUT2D eigenvalue weighted by molar-refractivity contribution is 0.127. The summed E-state index contributed by atoms with van der Waals surface area (Å²) in [6, 6.07) is 7.18. The monoisotopic (exact) mass is 294 g/mol. The summed E-state index contributed by atoms with van der Waals surface area (Å²) in [5.41, 5.74) is 1.04. The van der Waals surface area contributed by atoms with Crippen LogP contribution < -0.4 is 5.32 Å². The Bertz CT molecular complexity index is 415. The molecule has 0 amide bonds. The van der Waals surface area contributed by atoms with E-state index in [9.17, 15) is 4.39 Å². The Kier molecular flexibility index (Phi) is 7.33. The molecule has 0 bridgehead atoms. The van der Waals surface area contributed by atoms with Crippen molar-refractivity contribution in [1.82, 2.24) is 10.2 Å². The number of hydrogen-bond donors (Lipinski definition) is 1. The van der Waals surface area contributed by atoms with Crippen molar-refractivity contribution in [2.45, 2.75) is 46.6 Å². The molecule has 3 heteroatoms. The normalized spacial score (nSPS) is 13.7. The molecule has 1 atom stereocenters. The van der Waals surface area contributed by atoms with Gasteiger partial charge in [0.15, 0.2) is 0 Å². The lowest BCUT2D eigenvalue weighted by Gasteiger charge is -2.38. The average Bonchev–Trinajstić information content (AvgIpc) is 2.51. The quantitative estimate of drug-likeness (QED) is 0.733. The second-order valence-electron chi connectivity index (χ2n) is 6.10. The molecule has 0 aliphatic carbocycles. The van der Waals surface area contributed by atoms with E-state index >= 15 is 0 Å². The van der Waals surface area contributed by atoms with Crippen molar-refractivity contribution in [3.05, 3.63) is 35.6 Å². The molecule has 2 nitrogen and oxygen atoms in total. The molecule has 0 heterocycles. The van der Waals surface area contributed by atoms with Gasteiger partial charge in [-0.15, -0.1) is 0 Å². The summed E-state index contributed by atoms with van der Waals surface area (Å²) >= 11 is 0. The lowest BCUT2D eigenvalue weighted by atomic mass is 9.81. The van der Waals surface area contributed by atoms with Gasteiger partial charge in [0, 0.05) is 24.7 Å². The van der Waals surface area contributed by atoms with Gasteiger partial charge in [0.1, 0.15) is 5.82 Å². The molecule has 1 N–H and O–H groups in total. The zero-order valence-corrected chi connectivity index (χ0v) is 14.2. The van der Waals surface area contributed by atoms with E-state index in [2.05, 4.69) is 45.0 Å². The molecular weight excluding hydrogens is 263 g/mol. The second kappa shape index (κ2) is 8.50. The third-order valence-electron chi connectivity index (χ3n) is 4.85. The molecule has 1 aromatic carbocycles. The van der Waals surface area contributed by atoms with Gasteiger partial charge in [-0.3, -0.25) is 4.90 Å². The van der Waals surface area contributed by atoms with Crippen LogP contribution in [-0.2, 0) is 0 Å². The predicted molar refractivity (Wildman–Crippen MR) is 89.0 cm³/mol. The molecule has 0 fully saturated rings. The van der Waals surface area contributed by atoms with Crippen molar-refractivity contribution in [1.29, 1.82) is 0 Å². The van der Waals surface area contributed by atoms with Crippen LogP contribution in [0.1, 0.15) is 52.1 Å². The van der Waals surface area contributed by atoms with Gasteiger partial charge in [0.05, 0.1) is 0 Å². The van der Waals surface area contributed by atoms with Gasteiger partial charge in [-0.25, -0.2) is 4.39 Å². The fraction of sp³-hybridized carbons (Fsp3) is 0.667. The Morgan fingerprint density at radius 3 is 2.33 bits per heavy atom. The number of benzene rings is 1. The third kappa shape index (κ3) is 4.79. The summed E-state index contributed by atoms with van der Waals surface area (Å²) in [5.74, 6) is -0.109. The van der Waals surface area contributed by atoms with E-state index in [4.69, 9.17) is 0 Å². The van der Waals surface area contributed by atoms with E-state index in [1.54, 1.807) is 12.1 Å². The summed E-state index contributed by atoms with van der Waals surface area (Å²) in [7, 11) is 2.10. The Morgan fingerprint density at radius 2 is 1.81 bits per heavy atom. The van der Waals surface area contributed by atoms with E-state index in [0.717, 1.165) is 38.0 Å². The standard InChI is InChI=1S/C18H31FN2/c1-6-18(7-2,13-20-8-3)14-21(5)15(4)16-11-9-10-12-17(16)19/h9-12,15,20H,6-8,13-14H2,1-5H3. The molecule has 0 aromatic heterocycles. The van der Waals surface area contributed by atoms with Crippen molar-refractivity contribution in [2.75, 3.05) is 26.7 Å². The summed E-state index contributed by atoms with van der Waals surface area (Å²) in [6.45, 7) is 11.7. The van der Waals surface area contributed by atoms with Crippen LogP contribution >= 0.6 is 0 Å². The average molecular weight is 294 g/mol. The molecule has 1 aromatic rings. The van der Waals surface area contributed by atoms with Crippen LogP contribution in [0, 0.1) is 11.2 Å². The fourth-order valence-electron chi connectivity index (χ4n) is 2.89. The van der Waals surface area contributed by atoms with Gasteiger partial charge in [0.2, 0.25) is 0 Å². The molecule has 0 aliphatic heterocycles. The van der Waals surface area contributed by atoms with Gasteiger partial charge < -0.3 is 5.32 Å². The number of rotatable bonds is 9. The van der Waals surface area contributed by atoms with Crippen LogP contribution in [0.15, 0.2) is 24.3 Å². The van der Waals surface area contributed by atoms with E-state index in [1.807, 2.05) is 12.1 Å². The Labute approximate surface area is 129 Å². The number of halogens is 1. The van der Waals surface area contributed by atoms with E-state index < -0.39 is 0 Å². The van der Waals surface area contributed by atoms with Gasteiger partial charge in [-0.05, 0) is 44.8 Å². The predicted octanol–water partition coefficient (Wildman–Crippen LogP) is 4.23. The Hall–Kier alpha value is -0.930. The third-order valence-corrected chi connectivity index (χ3v) is 4.85. The molecule has 120 valence electrons. The maximum atomic E-state index is 14.0. The van der Waals surface area contributed by atoms with Gasteiger partial charge in [-0.1, -0.05) is 39.0 Å². The molecule has 1 unspecified atom stereocenters. The second-order valence-corrected chi connectivity index (χ2v) is 6.10. The Morgan fingerprint density at radius 1 is 1.19 bits per heavy atom. The van der Waals surface area contributed by atoms with Gasteiger partial charge in [-0.2, -0.15) is 0 Å². The highest BCUT2D eigenvalue weighted by molar-refractivity contribution is 5.20. The Balaban J connectivity index is 2.81. The van der Waals surface area contributed by atoms with E-state index in [-0.39, 0.29) is 17.3 Å². The zero-order valence-electron chi connectivity index (χ0n) is 14.2. The molecule has 0 aliphatic rings. The summed E-state index contributed by atoms with van der Waals surface area (Å²) < 4.78 is 14.0. The minimum atomic E-state index is -0.109. The van der Waals surface area contributed by atoms with Crippen molar-refractivity contribution in [3.8, 4) is 0 Å². The van der Waals surface area contributed by atoms with E-state index in [1.165, 1.54) is 0 Å². The summed E-state index contributed by atoms with van der Waals surface area (Å²) in [5, 5.41) is 3.49. The van der Waals surface area contributed by atoms with Crippen LogP contribution in [0.5, 0.6) is 0 Å². The van der Waals surface area contributed by atoms with Crippen molar-refractivity contribution >= 4 is 0 Å². The highest BCUT2D eigenvalue weighted by Gasteiger charge is 2.29.